The predicted molar refractivity (Wildman–Crippen MR) is 60.7 cm³/mol. The molecule has 1 N–H and O–H groups in total. The average molecular weight is 215 g/mol. The SMILES string of the molecule is Cc1cc(-c2cnc(C)nc2)cc(CO)n1. The Bertz CT molecular complexity index is 494. The van der Waals surface area contributed by atoms with Crippen LogP contribution in [0.25, 0.3) is 11.1 Å². The number of nitrogens with zero attached hydrogens (tertiary/aromatic N) is 3. The van der Waals surface area contributed by atoms with E-state index in [2.05, 4.69) is 15.0 Å². The van der Waals surface area contributed by atoms with Gasteiger partial charge in [-0.3, -0.25) is 4.98 Å². The summed E-state index contributed by atoms with van der Waals surface area (Å²) in [4.78, 5) is 12.5. The van der Waals surface area contributed by atoms with Crippen molar-refractivity contribution in [1.29, 1.82) is 0 Å². The maximum Gasteiger partial charge on any atom is 0.125 e. The Hall–Kier alpha value is -1.81. The maximum atomic E-state index is 9.08. The Morgan fingerprint density at radius 3 is 2.38 bits per heavy atom. The smallest absolute Gasteiger partial charge is 0.125 e. The van der Waals surface area contributed by atoms with Gasteiger partial charge in [0.15, 0.2) is 0 Å². The van der Waals surface area contributed by atoms with Crippen molar-refractivity contribution in [2.45, 2.75) is 20.5 Å². The molecule has 0 unspecified atom stereocenters. The van der Waals surface area contributed by atoms with E-state index in [-0.39, 0.29) is 6.61 Å². The molecule has 2 aromatic rings. The molecule has 4 nitrogen and oxygen atoms in total. The molecule has 82 valence electrons. The van der Waals surface area contributed by atoms with Crippen molar-refractivity contribution in [3.05, 3.63) is 41.7 Å². The first-order valence-electron chi connectivity index (χ1n) is 5.06. The molecule has 0 fully saturated rings. The van der Waals surface area contributed by atoms with Crippen molar-refractivity contribution in [2.75, 3.05) is 0 Å². The van der Waals surface area contributed by atoms with Crippen molar-refractivity contribution in [3.63, 3.8) is 0 Å². The summed E-state index contributed by atoms with van der Waals surface area (Å²) in [5.41, 5.74) is 3.46. The van der Waals surface area contributed by atoms with Crippen LogP contribution in [0.5, 0.6) is 0 Å². The Labute approximate surface area is 94.0 Å². The van der Waals surface area contributed by atoms with Crippen molar-refractivity contribution in [2.24, 2.45) is 0 Å². The van der Waals surface area contributed by atoms with E-state index in [1.807, 2.05) is 26.0 Å². The van der Waals surface area contributed by atoms with Crippen molar-refractivity contribution >= 4 is 0 Å². The molecule has 0 saturated heterocycles. The fourth-order valence-electron chi connectivity index (χ4n) is 1.53. The van der Waals surface area contributed by atoms with Crippen LogP contribution in [0.2, 0.25) is 0 Å². The molecular formula is C12H13N3O. The number of pyridine rings is 1. The van der Waals surface area contributed by atoms with Crippen LogP contribution in [0, 0.1) is 13.8 Å². The molecule has 2 aromatic heterocycles. The summed E-state index contributed by atoms with van der Waals surface area (Å²) in [6, 6.07) is 3.80. The van der Waals surface area contributed by atoms with E-state index < -0.39 is 0 Å². The Balaban J connectivity index is 2.47. The second kappa shape index (κ2) is 4.37. The summed E-state index contributed by atoms with van der Waals surface area (Å²) in [5, 5.41) is 9.08. The summed E-state index contributed by atoms with van der Waals surface area (Å²) in [6.45, 7) is 3.69. The van der Waals surface area contributed by atoms with E-state index in [4.69, 9.17) is 5.11 Å². The minimum absolute atomic E-state index is 0.0542. The number of hydrogen-bond donors (Lipinski definition) is 1. The molecule has 0 saturated carbocycles. The third-order valence-electron chi connectivity index (χ3n) is 2.28. The molecule has 0 radical (unpaired) electrons. The van der Waals surface area contributed by atoms with Gasteiger partial charge in [-0.2, -0.15) is 0 Å². The van der Waals surface area contributed by atoms with Gasteiger partial charge in [0.1, 0.15) is 5.82 Å². The lowest BCUT2D eigenvalue weighted by molar-refractivity contribution is 0.276. The van der Waals surface area contributed by atoms with Crippen molar-refractivity contribution in [1.82, 2.24) is 15.0 Å². The van der Waals surface area contributed by atoms with E-state index in [0.717, 1.165) is 22.6 Å². The summed E-state index contributed by atoms with van der Waals surface area (Å²) in [6.07, 6.45) is 3.55. The highest BCUT2D eigenvalue weighted by molar-refractivity contribution is 5.62. The molecule has 0 aromatic carbocycles. The van der Waals surface area contributed by atoms with Gasteiger partial charge in [-0.05, 0) is 31.5 Å². The van der Waals surface area contributed by atoms with E-state index in [0.29, 0.717) is 5.69 Å². The molecule has 2 heterocycles. The summed E-state index contributed by atoms with van der Waals surface area (Å²) < 4.78 is 0. The topological polar surface area (TPSA) is 58.9 Å². The largest absolute Gasteiger partial charge is 0.390 e. The molecule has 2 rings (SSSR count). The molecule has 4 heteroatoms. The second-order valence-corrected chi connectivity index (χ2v) is 3.67. The van der Waals surface area contributed by atoms with Crippen LogP contribution >= 0.6 is 0 Å². The maximum absolute atomic E-state index is 9.08. The minimum atomic E-state index is -0.0542. The van der Waals surface area contributed by atoms with Gasteiger partial charge in [0.25, 0.3) is 0 Å². The molecule has 0 aliphatic rings. The molecule has 0 amide bonds. The molecular weight excluding hydrogens is 202 g/mol. The van der Waals surface area contributed by atoms with Crippen molar-refractivity contribution in [3.8, 4) is 11.1 Å². The Kier molecular flexibility index (Phi) is 2.92. The highest BCUT2D eigenvalue weighted by Crippen LogP contribution is 2.19. The number of aromatic nitrogens is 3. The standard InChI is InChI=1S/C12H13N3O/c1-8-3-10(4-12(7-16)15-8)11-5-13-9(2)14-6-11/h3-6,16H,7H2,1-2H3. The quantitative estimate of drug-likeness (QED) is 0.827. The third-order valence-corrected chi connectivity index (χ3v) is 2.28. The Morgan fingerprint density at radius 1 is 1.06 bits per heavy atom. The minimum Gasteiger partial charge on any atom is -0.390 e. The second-order valence-electron chi connectivity index (χ2n) is 3.67. The fourth-order valence-corrected chi connectivity index (χ4v) is 1.53. The van der Waals surface area contributed by atoms with Crippen LogP contribution in [0.4, 0.5) is 0 Å². The van der Waals surface area contributed by atoms with Gasteiger partial charge in [0.05, 0.1) is 12.3 Å². The zero-order valence-electron chi connectivity index (χ0n) is 9.31. The van der Waals surface area contributed by atoms with Gasteiger partial charge in [0.2, 0.25) is 0 Å². The first kappa shape index (κ1) is 10.7. The van der Waals surface area contributed by atoms with E-state index in [9.17, 15) is 0 Å². The van der Waals surface area contributed by atoms with Gasteiger partial charge in [-0.15, -0.1) is 0 Å². The van der Waals surface area contributed by atoms with Crippen LogP contribution in [0.3, 0.4) is 0 Å². The third kappa shape index (κ3) is 2.23. The van der Waals surface area contributed by atoms with Crippen LogP contribution in [-0.4, -0.2) is 20.1 Å². The van der Waals surface area contributed by atoms with Crippen molar-refractivity contribution < 1.29 is 5.11 Å². The Morgan fingerprint density at radius 2 is 1.75 bits per heavy atom. The van der Waals surface area contributed by atoms with E-state index >= 15 is 0 Å². The molecule has 0 aliphatic carbocycles. The lowest BCUT2D eigenvalue weighted by atomic mass is 10.1. The normalized spacial score (nSPS) is 10.4. The lowest BCUT2D eigenvalue weighted by Crippen LogP contribution is -1.94. The van der Waals surface area contributed by atoms with Gasteiger partial charge < -0.3 is 5.11 Å². The van der Waals surface area contributed by atoms with Gasteiger partial charge in [0, 0.05) is 23.7 Å². The van der Waals surface area contributed by atoms with Crippen LogP contribution in [-0.2, 0) is 6.61 Å². The monoisotopic (exact) mass is 215 g/mol. The highest BCUT2D eigenvalue weighted by Gasteiger charge is 2.03. The molecule has 0 bridgehead atoms. The first-order valence-corrected chi connectivity index (χ1v) is 5.06. The summed E-state index contributed by atoms with van der Waals surface area (Å²) in [5.74, 6) is 0.747. The average Bonchev–Trinajstić information content (AvgIpc) is 2.29. The summed E-state index contributed by atoms with van der Waals surface area (Å²) >= 11 is 0. The van der Waals surface area contributed by atoms with E-state index in [1.54, 1.807) is 12.4 Å². The highest BCUT2D eigenvalue weighted by atomic mass is 16.3. The van der Waals surface area contributed by atoms with Crippen LogP contribution < -0.4 is 0 Å². The van der Waals surface area contributed by atoms with Gasteiger partial charge >= 0.3 is 0 Å². The van der Waals surface area contributed by atoms with Crippen LogP contribution in [0.15, 0.2) is 24.5 Å². The molecule has 16 heavy (non-hydrogen) atoms. The van der Waals surface area contributed by atoms with E-state index in [1.165, 1.54) is 0 Å². The van der Waals surface area contributed by atoms with Crippen LogP contribution in [0.1, 0.15) is 17.2 Å². The number of aliphatic hydroxyl groups excluding tert-OH is 1. The zero-order chi connectivity index (χ0) is 11.5. The predicted octanol–water partition coefficient (Wildman–Crippen LogP) is 1.65. The number of aliphatic hydroxyl groups is 1. The number of aryl methyl sites for hydroxylation is 2. The number of rotatable bonds is 2. The fraction of sp³-hybridized carbons (Fsp3) is 0.250. The molecule has 0 spiro atoms. The number of hydrogen-bond acceptors (Lipinski definition) is 4. The van der Waals surface area contributed by atoms with Gasteiger partial charge in [-0.1, -0.05) is 0 Å². The zero-order valence-corrected chi connectivity index (χ0v) is 9.31. The van der Waals surface area contributed by atoms with Gasteiger partial charge in [-0.25, -0.2) is 9.97 Å². The lowest BCUT2D eigenvalue weighted by Gasteiger charge is -2.05. The summed E-state index contributed by atoms with van der Waals surface area (Å²) in [7, 11) is 0. The molecule has 0 atom stereocenters. The first-order chi connectivity index (χ1) is 7.69. The molecule has 0 aliphatic heterocycles.